The van der Waals surface area contributed by atoms with Gasteiger partial charge in [0.1, 0.15) is 12.4 Å². The zero-order valence-corrected chi connectivity index (χ0v) is 13.3. The zero-order valence-electron chi connectivity index (χ0n) is 13.3. The molecule has 0 aliphatic heterocycles. The molecule has 1 amide bonds. The summed E-state index contributed by atoms with van der Waals surface area (Å²) in [6.07, 6.45) is -1.42. The molecule has 2 rings (SSSR count). The molecular weight excluding hydrogens is 310 g/mol. The van der Waals surface area contributed by atoms with Crippen LogP contribution >= 0.6 is 0 Å². The Morgan fingerprint density at radius 1 is 1.04 bits per heavy atom. The van der Waals surface area contributed by atoms with Gasteiger partial charge >= 0.3 is 12.1 Å². The average molecular weight is 329 g/mol. The van der Waals surface area contributed by atoms with Crippen molar-refractivity contribution in [2.75, 3.05) is 0 Å². The molecule has 2 N–H and O–H groups in total. The first-order valence-electron chi connectivity index (χ1n) is 7.47. The van der Waals surface area contributed by atoms with Crippen LogP contribution in [0.1, 0.15) is 18.1 Å². The van der Waals surface area contributed by atoms with Gasteiger partial charge in [-0.1, -0.05) is 42.5 Å². The van der Waals surface area contributed by atoms with Gasteiger partial charge in [0.2, 0.25) is 0 Å². The second-order valence-corrected chi connectivity index (χ2v) is 5.16. The van der Waals surface area contributed by atoms with Crippen LogP contribution in [0.25, 0.3) is 0 Å². The van der Waals surface area contributed by atoms with E-state index < -0.39 is 18.2 Å². The third-order valence-electron chi connectivity index (χ3n) is 3.23. The van der Waals surface area contributed by atoms with Crippen LogP contribution in [0, 0.1) is 0 Å². The number of aliphatic carboxylic acids is 1. The minimum absolute atomic E-state index is 0.215. The first-order valence-corrected chi connectivity index (χ1v) is 7.47. The standard InChI is InChI=1S/C18H19NO5/c1-13(17(20)21)24-16-9-7-14(8-10-16)11-19-18(22)23-12-15-5-3-2-4-6-15/h2-10,13H,11-12H2,1H3,(H,19,22)(H,20,21). The average Bonchev–Trinajstić information content (AvgIpc) is 2.60. The Hall–Kier alpha value is -3.02. The highest BCUT2D eigenvalue weighted by Crippen LogP contribution is 2.14. The number of nitrogens with one attached hydrogen (secondary N) is 1. The zero-order chi connectivity index (χ0) is 17.4. The molecule has 24 heavy (non-hydrogen) atoms. The van der Waals surface area contributed by atoms with E-state index in [2.05, 4.69) is 5.32 Å². The molecule has 0 spiro atoms. The number of amides is 1. The van der Waals surface area contributed by atoms with Crippen molar-refractivity contribution in [3.63, 3.8) is 0 Å². The van der Waals surface area contributed by atoms with E-state index in [1.165, 1.54) is 6.92 Å². The van der Waals surface area contributed by atoms with Crippen LogP contribution in [0.5, 0.6) is 5.75 Å². The molecule has 2 aromatic carbocycles. The maximum Gasteiger partial charge on any atom is 0.407 e. The van der Waals surface area contributed by atoms with Gasteiger partial charge in [0, 0.05) is 6.54 Å². The lowest BCUT2D eigenvalue weighted by atomic mass is 10.2. The third-order valence-corrected chi connectivity index (χ3v) is 3.23. The molecule has 0 bridgehead atoms. The van der Waals surface area contributed by atoms with Crippen LogP contribution in [-0.2, 0) is 22.7 Å². The van der Waals surface area contributed by atoms with Crippen molar-refractivity contribution in [1.29, 1.82) is 0 Å². The molecule has 2 aromatic rings. The maximum atomic E-state index is 11.7. The quantitative estimate of drug-likeness (QED) is 0.816. The third kappa shape index (κ3) is 5.64. The molecule has 1 unspecified atom stereocenters. The number of hydrogen-bond donors (Lipinski definition) is 2. The normalized spacial score (nSPS) is 11.4. The van der Waals surface area contributed by atoms with E-state index in [1.807, 2.05) is 30.3 Å². The van der Waals surface area contributed by atoms with E-state index in [0.717, 1.165) is 11.1 Å². The van der Waals surface area contributed by atoms with E-state index >= 15 is 0 Å². The van der Waals surface area contributed by atoms with Gasteiger partial charge in [0.15, 0.2) is 6.10 Å². The van der Waals surface area contributed by atoms with Gasteiger partial charge in [-0.25, -0.2) is 9.59 Å². The van der Waals surface area contributed by atoms with Crippen molar-refractivity contribution in [2.24, 2.45) is 0 Å². The van der Waals surface area contributed by atoms with E-state index in [1.54, 1.807) is 24.3 Å². The summed E-state index contributed by atoms with van der Waals surface area (Å²) >= 11 is 0. The molecule has 0 fully saturated rings. The van der Waals surface area contributed by atoms with Crippen LogP contribution in [0.2, 0.25) is 0 Å². The van der Waals surface area contributed by atoms with Crippen LogP contribution in [0.15, 0.2) is 54.6 Å². The predicted octanol–water partition coefficient (Wildman–Crippen LogP) is 2.96. The van der Waals surface area contributed by atoms with Crippen LogP contribution in [0.3, 0.4) is 0 Å². The van der Waals surface area contributed by atoms with E-state index in [0.29, 0.717) is 12.3 Å². The molecule has 126 valence electrons. The molecule has 0 aliphatic rings. The van der Waals surface area contributed by atoms with Crippen molar-refractivity contribution < 1.29 is 24.2 Å². The number of benzene rings is 2. The second kappa shape index (κ2) is 8.57. The molecule has 0 saturated heterocycles. The highest BCUT2D eigenvalue weighted by molar-refractivity contribution is 5.72. The molecule has 0 radical (unpaired) electrons. The molecule has 0 aromatic heterocycles. The fourth-order valence-corrected chi connectivity index (χ4v) is 1.89. The number of alkyl carbamates (subject to hydrolysis) is 1. The van der Waals surface area contributed by atoms with Gasteiger partial charge in [-0.15, -0.1) is 0 Å². The fourth-order valence-electron chi connectivity index (χ4n) is 1.89. The van der Waals surface area contributed by atoms with Crippen LogP contribution in [-0.4, -0.2) is 23.3 Å². The SMILES string of the molecule is CC(Oc1ccc(CNC(=O)OCc2ccccc2)cc1)C(=O)O. The van der Waals surface area contributed by atoms with Gasteiger partial charge in [-0.2, -0.15) is 0 Å². The molecule has 0 saturated carbocycles. The number of carbonyl (C=O) groups excluding carboxylic acids is 1. The summed E-state index contributed by atoms with van der Waals surface area (Å²) < 4.78 is 10.3. The Morgan fingerprint density at radius 3 is 2.33 bits per heavy atom. The summed E-state index contributed by atoms with van der Waals surface area (Å²) in [5.41, 5.74) is 1.77. The van der Waals surface area contributed by atoms with E-state index in [9.17, 15) is 9.59 Å². The number of hydrogen-bond acceptors (Lipinski definition) is 4. The molecule has 0 heterocycles. The van der Waals surface area contributed by atoms with Gasteiger partial charge < -0.3 is 19.9 Å². The van der Waals surface area contributed by atoms with E-state index in [-0.39, 0.29) is 6.61 Å². The Labute approximate surface area is 140 Å². The largest absolute Gasteiger partial charge is 0.479 e. The van der Waals surface area contributed by atoms with Crippen molar-refractivity contribution in [3.05, 3.63) is 65.7 Å². The fraction of sp³-hybridized carbons (Fsp3) is 0.222. The van der Waals surface area contributed by atoms with Crippen molar-refractivity contribution in [3.8, 4) is 5.75 Å². The number of ether oxygens (including phenoxy) is 2. The Balaban J connectivity index is 1.75. The molecule has 1 atom stereocenters. The van der Waals surface area contributed by atoms with Gasteiger partial charge in [-0.3, -0.25) is 0 Å². The first kappa shape index (κ1) is 17.3. The smallest absolute Gasteiger partial charge is 0.407 e. The Bertz CT molecular complexity index is 670. The summed E-state index contributed by atoms with van der Waals surface area (Å²) in [4.78, 5) is 22.4. The van der Waals surface area contributed by atoms with Gasteiger partial charge in [0.05, 0.1) is 0 Å². The van der Waals surface area contributed by atoms with Crippen molar-refractivity contribution in [1.82, 2.24) is 5.32 Å². The van der Waals surface area contributed by atoms with Crippen LogP contribution in [0.4, 0.5) is 4.79 Å². The Morgan fingerprint density at radius 2 is 1.71 bits per heavy atom. The number of rotatable bonds is 7. The van der Waals surface area contributed by atoms with Gasteiger partial charge in [-0.05, 0) is 30.2 Å². The van der Waals surface area contributed by atoms with E-state index in [4.69, 9.17) is 14.6 Å². The predicted molar refractivity (Wildman–Crippen MR) is 87.6 cm³/mol. The highest BCUT2D eigenvalue weighted by atomic mass is 16.5. The number of carbonyl (C=O) groups is 2. The second-order valence-electron chi connectivity index (χ2n) is 5.16. The summed E-state index contributed by atoms with van der Waals surface area (Å²) in [5, 5.41) is 11.4. The topological polar surface area (TPSA) is 84.9 Å². The molecule has 6 nitrogen and oxygen atoms in total. The lowest BCUT2D eigenvalue weighted by molar-refractivity contribution is -0.144. The number of carboxylic acids is 1. The monoisotopic (exact) mass is 329 g/mol. The van der Waals surface area contributed by atoms with Crippen molar-refractivity contribution in [2.45, 2.75) is 26.2 Å². The summed E-state index contributed by atoms with van der Waals surface area (Å²) in [5.74, 6) is -0.567. The highest BCUT2D eigenvalue weighted by Gasteiger charge is 2.12. The van der Waals surface area contributed by atoms with Crippen molar-refractivity contribution >= 4 is 12.1 Å². The number of carboxylic acid groups (broad SMARTS) is 1. The molecular formula is C18H19NO5. The maximum absolute atomic E-state index is 11.7. The molecule has 6 heteroatoms. The minimum atomic E-state index is -1.03. The molecule has 0 aliphatic carbocycles. The summed E-state index contributed by atoms with van der Waals surface area (Å²) in [6, 6.07) is 16.2. The summed E-state index contributed by atoms with van der Waals surface area (Å²) in [7, 11) is 0. The summed E-state index contributed by atoms with van der Waals surface area (Å²) in [6.45, 7) is 1.98. The van der Waals surface area contributed by atoms with Crippen LogP contribution < -0.4 is 10.1 Å². The van der Waals surface area contributed by atoms with Gasteiger partial charge in [0.25, 0.3) is 0 Å². The minimum Gasteiger partial charge on any atom is -0.479 e. The lowest BCUT2D eigenvalue weighted by Gasteiger charge is -2.11. The Kier molecular flexibility index (Phi) is 6.19. The first-order chi connectivity index (χ1) is 11.5. The lowest BCUT2D eigenvalue weighted by Crippen LogP contribution is -2.24.